The van der Waals surface area contributed by atoms with Crippen molar-refractivity contribution in [2.24, 2.45) is 5.73 Å². The van der Waals surface area contributed by atoms with Gasteiger partial charge in [0.1, 0.15) is 5.72 Å². The molecule has 1 atom stereocenters. The van der Waals surface area contributed by atoms with Crippen LogP contribution in [-0.2, 0) is 4.79 Å². The van der Waals surface area contributed by atoms with Gasteiger partial charge in [-0.3, -0.25) is 4.79 Å². The quantitative estimate of drug-likeness (QED) is 0.454. The Balaban J connectivity index is 3.71. The third-order valence-corrected chi connectivity index (χ3v) is 1.07. The highest BCUT2D eigenvalue weighted by Gasteiger charge is 2.21. The molecule has 54 valence electrons. The first-order chi connectivity index (χ1) is 3.98. The van der Waals surface area contributed by atoms with Gasteiger partial charge in [-0.05, 0) is 6.42 Å². The van der Waals surface area contributed by atoms with Crippen LogP contribution in [0.5, 0.6) is 0 Å². The van der Waals surface area contributed by atoms with Crippen molar-refractivity contribution in [2.75, 3.05) is 0 Å². The lowest BCUT2D eigenvalue weighted by Gasteiger charge is -2.17. The predicted octanol–water partition coefficient (Wildman–Crippen LogP) is -0.482. The molecule has 4 N–H and O–H groups in total. The monoisotopic (exact) mass is 133 g/mol. The number of aliphatic hydroxyl groups is 1. The first-order valence-corrected chi connectivity index (χ1v) is 2.71. The number of carboxylic acids is 1. The average molecular weight is 133 g/mol. The van der Waals surface area contributed by atoms with Crippen molar-refractivity contribution < 1.29 is 15.0 Å². The maximum absolute atomic E-state index is 9.93. The Hall–Kier alpha value is -0.610. The molecule has 0 fully saturated rings. The maximum atomic E-state index is 9.93. The Morgan fingerprint density at radius 1 is 1.78 bits per heavy atom. The van der Waals surface area contributed by atoms with Crippen LogP contribution in [0.15, 0.2) is 0 Å². The van der Waals surface area contributed by atoms with Crippen molar-refractivity contribution in [3.05, 3.63) is 0 Å². The van der Waals surface area contributed by atoms with Crippen LogP contribution >= 0.6 is 0 Å². The molecule has 0 aliphatic rings. The Bertz CT molecular complexity index is 111. The first kappa shape index (κ1) is 8.39. The van der Waals surface area contributed by atoms with Gasteiger partial charge in [0.05, 0.1) is 6.42 Å². The number of hydrogen-bond donors (Lipinski definition) is 3. The summed E-state index contributed by atoms with van der Waals surface area (Å²) < 4.78 is 0. The maximum Gasteiger partial charge on any atom is 0.307 e. The molecule has 0 saturated carbocycles. The highest BCUT2D eigenvalue weighted by Crippen LogP contribution is 2.05. The number of carboxylic acid groups (broad SMARTS) is 1. The molecule has 0 rings (SSSR count). The minimum absolute atomic E-state index is 0.249. The van der Waals surface area contributed by atoms with Gasteiger partial charge in [-0.1, -0.05) is 6.92 Å². The number of rotatable bonds is 3. The van der Waals surface area contributed by atoms with E-state index in [4.69, 9.17) is 15.9 Å². The van der Waals surface area contributed by atoms with Crippen molar-refractivity contribution in [1.82, 2.24) is 0 Å². The van der Waals surface area contributed by atoms with Gasteiger partial charge in [-0.2, -0.15) is 0 Å². The van der Waals surface area contributed by atoms with Crippen LogP contribution in [0.1, 0.15) is 19.8 Å². The van der Waals surface area contributed by atoms with Gasteiger partial charge in [-0.25, -0.2) is 0 Å². The molecular weight excluding hydrogens is 122 g/mol. The smallest absolute Gasteiger partial charge is 0.307 e. The van der Waals surface area contributed by atoms with Crippen molar-refractivity contribution >= 4 is 5.97 Å². The average Bonchev–Trinajstić information content (AvgIpc) is 1.63. The van der Waals surface area contributed by atoms with Crippen LogP contribution in [0.25, 0.3) is 0 Å². The highest BCUT2D eigenvalue weighted by atomic mass is 16.4. The molecule has 0 aromatic rings. The summed E-state index contributed by atoms with van der Waals surface area (Å²) in [5.41, 5.74) is 3.56. The Kier molecular flexibility index (Phi) is 2.61. The van der Waals surface area contributed by atoms with Crippen LogP contribution in [0.4, 0.5) is 0 Å². The minimum Gasteiger partial charge on any atom is -0.481 e. The molecule has 4 heteroatoms. The molecule has 0 amide bonds. The van der Waals surface area contributed by atoms with E-state index in [1.807, 2.05) is 0 Å². The third-order valence-electron chi connectivity index (χ3n) is 1.07. The van der Waals surface area contributed by atoms with Gasteiger partial charge >= 0.3 is 5.97 Å². The van der Waals surface area contributed by atoms with Crippen molar-refractivity contribution in [3.8, 4) is 0 Å². The molecule has 0 spiro atoms. The summed E-state index contributed by atoms with van der Waals surface area (Å²) in [6, 6.07) is 0. The van der Waals surface area contributed by atoms with E-state index >= 15 is 0 Å². The fourth-order valence-electron chi connectivity index (χ4n) is 0.387. The summed E-state index contributed by atoms with van der Waals surface area (Å²) in [6.45, 7) is 1.63. The van der Waals surface area contributed by atoms with Crippen LogP contribution in [-0.4, -0.2) is 21.9 Å². The number of hydrogen-bond acceptors (Lipinski definition) is 3. The van der Waals surface area contributed by atoms with Crippen LogP contribution in [0, 0.1) is 0 Å². The van der Waals surface area contributed by atoms with Crippen molar-refractivity contribution in [3.63, 3.8) is 0 Å². The van der Waals surface area contributed by atoms with Gasteiger partial charge in [-0.15, -0.1) is 0 Å². The van der Waals surface area contributed by atoms with E-state index in [0.717, 1.165) is 0 Å². The lowest BCUT2D eigenvalue weighted by atomic mass is 10.1. The fourth-order valence-corrected chi connectivity index (χ4v) is 0.387. The zero-order valence-corrected chi connectivity index (χ0v) is 5.29. The van der Waals surface area contributed by atoms with Crippen LogP contribution in [0.2, 0.25) is 0 Å². The summed E-state index contributed by atoms with van der Waals surface area (Å²) >= 11 is 0. The summed E-state index contributed by atoms with van der Waals surface area (Å²) in [5.74, 6) is -1.08. The molecule has 1 unspecified atom stereocenters. The topological polar surface area (TPSA) is 83.5 Å². The van der Waals surface area contributed by atoms with E-state index in [2.05, 4.69) is 0 Å². The van der Waals surface area contributed by atoms with Gasteiger partial charge in [0.25, 0.3) is 0 Å². The second-order valence-corrected chi connectivity index (χ2v) is 2.03. The summed E-state index contributed by atoms with van der Waals surface area (Å²) in [7, 11) is 0. The predicted molar refractivity (Wildman–Crippen MR) is 31.7 cm³/mol. The van der Waals surface area contributed by atoms with Crippen LogP contribution in [0.3, 0.4) is 0 Å². The second kappa shape index (κ2) is 2.80. The lowest BCUT2D eigenvalue weighted by Crippen LogP contribution is -2.40. The zero-order valence-electron chi connectivity index (χ0n) is 5.29. The standard InChI is InChI=1S/C5H11NO3/c1-2-5(6,9)3-4(7)8/h9H,2-3,6H2,1H3,(H,7,8). The molecule has 0 aromatic heterocycles. The SMILES string of the molecule is CCC(N)(O)CC(=O)O. The molecule has 0 aromatic carbocycles. The van der Waals surface area contributed by atoms with Gasteiger partial charge in [0.15, 0.2) is 0 Å². The van der Waals surface area contributed by atoms with E-state index < -0.39 is 18.1 Å². The largest absolute Gasteiger partial charge is 0.481 e. The number of aliphatic carboxylic acids is 1. The fraction of sp³-hybridized carbons (Fsp3) is 0.800. The molecule has 0 saturated heterocycles. The van der Waals surface area contributed by atoms with Crippen molar-refractivity contribution in [2.45, 2.75) is 25.5 Å². The molecular formula is C5H11NO3. The Morgan fingerprint density at radius 2 is 2.22 bits per heavy atom. The van der Waals surface area contributed by atoms with Gasteiger partial charge in [0.2, 0.25) is 0 Å². The molecule has 9 heavy (non-hydrogen) atoms. The molecule has 0 radical (unpaired) electrons. The van der Waals surface area contributed by atoms with Gasteiger partial charge < -0.3 is 15.9 Å². The number of carbonyl (C=O) groups is 1. The van der Waals surface area contributed by atoms with E-state index in [0.29, 0.717) is 0 Å². The van der Waals surface area contributed by atoms with Crippen LogP contribution < -0.4 is 5.73 Å². The van der Waals surface area contributed by atoms with E-state index in [1.165, 1.54) is 0 Å². The molecule has 0 bridgehead atoms. The number of nitrogens with two attached hydrogens (primary N) is 1. The lowest BCUT2D eigenvalue weighted by molar-refractivity contribution is -0.142. The third kappa shape index (κ3) is 3.93. The molecule has 0 heterocycles. The summed E-state index contributed by atoms with van der Waals surface area (Å²) in [4.78, 5) is 9.93. The van der Waals surface area contributed by atoms with E-state index in [9.17, 15) is 4.79 Å². The molecule has 0 aliphatic heterocycles. The molecule has 0 aliphatic carbocycles. The Morgan fingerprint density at radius 3 is 2.33 bits per heavy atom. The van der Waals surface area contributed by atoms with Gasteiger partial charge in [0, 0.05) is 0 Å². The normalized spacial score (nSPS) is 16.8. The first-order valence-electron chi connectivity index (χ1n) is 2.71. The summed E-state index contributed by atoms with van der Waals surface area (Å²) in [6.07, 6.45) is -0.150. The zero-order chi connectivity index (χ0) is 7.49. The second-order valence-electron chi connectivity index (χ2n) is 2.03. The minimum atomic E-state index is -1.54. The Labute approximate surface area is 53.3 Å². The van der Waals surface area contributed by atoms with E-state index in [-0.39, 0.29) is 6.42 Å². The highest BCUT2D eigenvalue weighted by molar-refractivity contribution is 5.67. The molecule has 4 nitrogen and oxygen atoms in total. The van der Waals surface area contributed by atoms with E-state index in [1.54, 1.807) is 6.92 Å². The van der Waals surface area contributed by atoms with Crippen molar-refractivity contribution in [1.29, 1.82) is 0 Å². The summed E-state index contributed by atoms with van der Waals surface area (Å²) in [5, 5.41) is 17.0.